The first-order valence-electron chi connectivity index (χ1n) is 8.41. The van der Waals surface area contributed by atoms with E-state index < -0.39 is 0 Å². The average molecular weight is 350 g/mol. The van der Waals surface area contributed by atoms with Crippen molar-refractivity contribution >= 4 is 23.2 Å². The molecule has 0 atom stereocenters. The number of nitrogens with one attached hydrogen (secondary N) is 2. The van der Waals surface area contributed by atoms with Gasteiger partial charge in [0, 0.05) is 25.0 Å². The van der Waals surface area contributed by atoms with Gasteiger partial charge in [-0.2, -0.15) is 0 Å². The Labute approximate surface area is 150 Å². The number of hydrogen-bond donors (Lipinski definition) is 2. The highest BCUT2D eigenvalue weighted by atomic mass is 16.5. The molecule has 25 heavy (non-hydrogen) atoms. The Hall–Kier alpha value is -2.24. The van der Waals surface area contributed by atoms with Gasteiger partial charge in [-0.3, -0.25) is 9.59 Å². The molecule has 0 unspecified atom stereocenters. The summed E-state index contributed by atoms with van der Waals surface area (Å²) in [5, 5.41) is 5.68. The zero-order chi connectivity index (χ0) is 19.2. The Morgan fingerprint density at radius 3 is 1.76 bits per heavy atom. The SMILES string of the molecule is COc1cc(NC(=O)CC(C)(C)C)c(OC)cc1NC(=O)CC(C)C. The maximum atomic E-state index is 12.2. The first kappa shape index (κ1) is 20.8. The minimum atomic E-state index is -0.119. The van der Waals surface area contributed by atoms with Gasteiger partial charge in [-0.05, 0) is 11.3 Å². The highest BCUT2D eigenvalue weighted by Gasteiger charge is 2.19. The highest BCUT2D eigenvalue weighted by molar-refractivity contribution is 5.96. The van der Waals surface area contributed by atoms with E-state index in [4.69, 9.17) is 9.47 Å². The topological polar surface area (TPSA) is 76.7 Å². The Morgan fingerprint density at radius 2 is 1.40 bits per heavy atom. The fourth-order valence-corrected chi connectivity index (χ4v) is 2.34. The molecule has 0 aliphatic carbocycles. The number of carbonyl (C=O) groups excluding carboxylic acids is 2. The molecule has 0 bridgehead atoms. The van der Waals surface area contributed by atoms with E-state index in [1.165, 1.54) is 14.2 Å². The zero-order valence-corrected chi connectivity index (χ0v) is 16.3. The summed E-state index contributed by atoms with van der Waals surface area (Å²) in [5.74, 6) is 0.972. The van der Waals surface area contributed by atoms with E-state index in [0.717, 1.165) is 0 Å². The van der Waals surface area contributed by atoms with Gasteiger partial charge in [0.25, 0.3) is 0 Å². The molecule has 0 saturated carbocycles. The molecule has 0 spiro atoms. The van der Waals surface area contributed by atoms with Gasteiger partial charge in [-0.15, -0.1) is 0 Å². The van der Waals surface area contributed by atoms with E-state index in [2.05, 4.69) is 10.6 Å². The van der Waals surface area contributed by atoms with Gasteiger partial charge in [0.2, 0.25) is 11.8 Å². The van der Waals surface area contributed by atoms with Crippen molar-refractivity contribution < 1.29 is 19.1 Å². The molecule has 1 aromatic rings. The maximum Gasteiger partial charge on any atom is 0.225 e. The lowest BCUT2D eigenvalue weighted by Gasteiger charge is -2.19. The van der Waals surface area contributed by atoms with Crippen molar-refractivity contribution in [3.63, 3.8) is 0 Å². The van der Waals surface area contributed by atoms with Crippen LogP contribution in [-0.2, 0) is 9.59 Å². The Balaban J connectivity index is 3.05. The van der Waals surface area contributed by atoms with Crippen molar-refractivity contribution in [2.45, 2.75) is 47.5 Å². The van der Waals surface area contributed by atoms with Gasteiger partial charge in [-0.1, -0.05) is 34.6 Å². The second kappa shape index (κ2) is 8.74. The molecule has 6 nitrogen and oxygen atoms in total. The molecule has 0 aliphatic rings. The Bertz CT molecular complexity index is 619. The lowest BCUT2D eigenvalue weighted by Crippen LogP contribution is -2.20. The van der Waals surface area contributed by atoms with Crippen LogP contribution in [0.15, 0.2) is 12.1 Å². The zero-order valence-electron chi connectivity index (χ0n) is 16.3. The maximum absolute atomic E-state index is 12.2. The first-order chi connectivity index (χ1) is 11.6. The van der Waals surface area contributed by atoms with Gasteiger partial charge < -0.3 is 20.1 Å². The monoisotopic (exact) mass is 350 g/mol. The van der Waals surface area contributed by atoms with E-state index >= 15 is 0 Å². The van der Waals surface area contributed by atoms with Crippen LogP contribution >= 0.6 is 0 Å². The normalized spacial score (nSPS) is 11.2. The van der Waals surface area contributed by atoms with Crippen LogP contribution in [0, 0.1) is 11.3 Å². The second-order valence-electron chi connectivity index (χ2n) is 7.68. The number of anilines is 2. The van der Waals surface area contributed by atoms with Crippen LogP contribution < -0.4 is 20.1 Å². The van der Waals surface area contributed by atoms with Gasteiger partial charge in [0.05, 0.1) is 25.6 Å². The summed E-state index contributed by atoms with van der Waals surface area (Å²) in [4.78, 5) is 24.2. The van der Waals surface area contributed by atoms with E-state index in [1.54, 1.807) is 12.1 Å². The van der Waals surface area contributed by atoms with E-state index in [9.17, 15) is 9.59 Å². The van der Waals surface area contributed by atoms with Crippen molar-refractivity contribution in [2.75, 3.05) is 24.9 Å². The van der Waals surface area contributed by atoms with Crippen LogP contribution in [0.2, 0.25) is 0 Å². The Kier molecular flexibility index (Phi) is 7.27. The van der Waals surface area contributed by atoms with Crippen molar-refractivity contribution in [3.05, 3.63) is 12.1 Å². The number of carbonyl (C=O) groups is 2. The summed E-state index contributed by atoms with van der Waals surface area (Å²) in [5.41, 5.74) is 0.904. The molecule has 0 aliphatic heterocycles. The van der Waals surface area contributed by atoms with Crippen molar-refractivity contribution in [3.8, 4) is 11.5 Å². The van der Waals surface area contributed by atoms with E-state index in [1.807, 2.05) is 34.6 Å². The van der Waals surface area contributed by atoms with Crippen LogP contribution in [0.1, 0.15) is 47.5 Å². The molecule has 2 amide bonds. The van der Waals surface area contributed by atoms with Gasteiger partial charge >= 0.3 is 0 Å². The highest BCUT2D eigenvalue weighted by Crippen LogP contribution is 2.37. The van der Waals surface area contributed by atoms with E-state index in [0.29, 0.717) is 35.7 Å². The molecule has 0 fully saturated rings. The lowest BCUT2D eigenvalue weighted by atomic mass is 9.92. The lowest BCUT2D eigenvalue weighted by molar-refractivity contribution is -0.118. The predicted molar refractivity (Wildman–Crippen MR) is 100 cm³/mol. The summed E-state index contributed by atoms with van der Waals surface area (Å²) >= 11 is 0. The molecule has 0 aromatic heterocycles. The molecule has 0 radical (unpaired) electrons. The molecule has 1 rings (SSSR count). The minimum Gasteiger partial charge on any atom is -0.494 e. The smallest absolute Gasteiger partial charge is 0.225 e. The fraction of sp³-hybridized carbons (Fsp3) is 0.579. The largest absolute Gasteiger partial charge is 0.494 e. The van der Waals surface area contributed by atoms with Gasteiger partial charge in [0.15, 0.2) is 0 Å². The summed E-state index contributed by atoms with van der Waals surface area (Å²) in [6, 6.07) is 3.31. The van der Waals surface area contributed by atoms with Crippen LogP contribution in [0.25, 0.3) is 0 Å². The quantitative estimate of drug-likeness (QED) is 0.777. The Morgan fingerprint density at radius 1 is 0.960 bits per heavy atom. The first-order valence-corrected chi connectivity index (χ1v) is 8.41. The number of amides is 2. The van der Waals surface area contributed by atoms with Crippen LogP contribution in [0.3, 0.4) is 0 Å². The molecule has 140 valence electrons. The predicted octanol–water partition coefficient (Wildman–Crippen LogP) is 4.06. The second-order valence-corrected chi connectivity index (χ2v) is 7.68. The number of methoxy groups -OCH3 is 2. The molecule has 2 N–H and O–H groups in total. The third-order valence-electron chi connectivity index (χ3n) is 3.35. The number of benzene rings is 1. The third-order valence-corrected chi connectivity index (χ3v) is 3.35. The van der Waals surface area contributed by atoms with Gasteiger partial charge in [0.1, 0.15) is 11.5 Å². The van der Waals surface area contributed by atoms with Crippen molar-refractivity contribution in [1.29, 1.82) is 0 Å². The number of ether oxygens (including phenoxy) is 2. The third kappa shape index (κ3) is 7.03. The summed E-state index contributed by atoms with van der Waals surface area (Å²) in [6.07, 6.45) is 0.793. The molecule has 0 saturated heterocycles. The minimum absolute atomic E-state index is 0.0973. The average Bonchev–Trinajstić information content (AvgIpc) is 2.45. The van der Waals surface area contributed by atoms with Crippen molar-refractivity contribution in [2.24, 2.45) is 11.3 Å². The summed E-state index contributed by atoms with van der Waals surface area (Å²) < 4.78 is 10.7. The fourth-order valence-electron chi connectivity index (χ4n) is 2.34. The number of rotatable bonds is 7. The van der Waals surface area contributed by atoms with Gasteiger partial charge in [-0.25, -0.2) is 0 Å². The molecular weight excluding hydrogens is 320 g/mol. The van der Waals surface area contributed by atoms with Crippen LogP contribution in [-0.4, -0.2) is 26.0 Å². The van der Waals surface area contributed by atoms with E-state index in [-0.39, 0.29) is 23.1 Å². The molecular formula is C19H30N2O4. The standard InChI is InChI=1S/C19H30N2O4/c1-12(2)8-17(22)20-13-9-16(25-7)14(10-15(13)24-6)21-18(23)11-19(3,4)5/h9-10,12H,8,11H2,1-7H3,(H,20,22)(H,21,23). The summed E-state index contributed by atoms with van der Waals surface area (Å²) in [7, 11) is 3.03. The molecule has 0 heterocycles. The molecule has 6 heteroatoms. The molecule has 1 aromatic carbocycles. The van der Waals surface area contributed by atoms with Crippen molar-refractivity contribution in [1.82, 2.24) is 0 Å². The van der Waals surface area contributed by atoms with Crippen LogP contribution in [0.4, 0.5) is 11.4 Å². The number of hydrogen-bond acceptors (Lipinski definition) is 4. The summed E-state index contributed by atoms with van der Waals surface area (Å²) in [6.45, 7) is 9.95. The van der Waals surface area contributed by atoms with Crippen LogP contribution in [0.5, 0.6) is 11.5 Å².